The van der Waals surface area contributed by atoms with Gasteiger partial charge in [0, 0.05) is 33.5 Å². The number of nitrogens with zero attached hydrogens (tertiary/aromatic N) is 2. The van der Waals surface area contributed by atoms with E-state index in [0.717, 1.165) is 11.4 Å². The lowest BCUT2D eigenvalue weighted by molar-refractivity contribution is 0.768. The summed E-state index contributed by atoms with van der Waals surface area (Å²) in [6, 6.07) is 99.4. The molecule has 0 N–H and O–H groups in total. The van der Waals surface area contributed by atoms with Crippen molar-refractivity contribution in [3.63, 3.8) is 0 Å². The van der Waals surface area contributed by atoms with E-state index in [1.54, 1.807) is 0 Å². The number of aromatic nitrogens is 1. The van der Waals surface area contributed by atoms with E-state index in [9.17, 15) is 0 Å². The molecule has 0 bridgehead atoms. The zero-order chi connectivity index (χ0) is 48.0. The number of rotatable bonds is 8. The Hall–Kier alpha value is -8.76. The highest BCUT2D eigenvalue weighted by Gasteiger charge is 2.46. The van der Waals surface area contributed by atoms with Gasteiger partial charge in [-0.3, -0.25) is 0 Å². The third-order valence-corrected chi connectivity index (χ3v) is 19.4. The molecule has 1 aliphatic carbocycles. The maximum Gasteiger partial charge on any atom is 0.0714 e. The van der Waals surface area contributed by atoms with Gasteiger partial charge in [-0.15, -0.1) is 0 Å². The molecule has 0 radical (unpaired) electrons. The van der Waals surface area contributed by atoms with Crippen LogP contribution in [0.4, 0.5) is 17.1 Å². The highest BCUT2D eigenvalue weighted by Crippen LogP contribution is 2.57. The van der Waals surface area contributed by atoms with Crippen LogP contribution in [0, 0.1) is 0 Å². The fraction of sp³-hybridized carbons (Fsp3) is 0.0435. The second-order valence-corrected chi connectivity index (χ2v) is 24.4. The van der Waals surface area contributed by atoms with Gasteiger partial charge in [0.1, 0.15) is 0 Å². The molecule has 72 heavy (non-hydrogen) atoms. The molecule has 0 atom stereocenters. The Morgan fingerprint density at radius 2 is 0.819 bits per heavy atom. The van der Waals surface area contributed by atoms with Crippen LogP contribution in [0.2, 0.25) is 13.1 Å². The molecule has 0 unspecified atom stereocenters. The van der Waals surface area contributed by atoms with Crippen molar-refractivity contribution in [2.45, 2.75) is 18.5 Å². The summed E-state index contributed by atoms with van der Waals surface area (Å²) in [4.78, 5) is 2.50. The molecule has 2 heterocycles. The Kier molecular flexibility index (Phi) is 9.61. The van der Waals surface area contributed by atoms with E-state index in [0.29, 0.717) is 0 Å². The topological polar surface area (TPSA) is 8.17 Å². The molecular formula is C69H50N2Si-. The van der Waals surface area contributed by atoms with Crippen LogP contribution in [0.3, 0.4) is 0 Å². The lowest BCUT2D eigenvalue weighted by Crippen LogP contribution is -2.49. The van der Waals surface area contributed by atoms with Crippen LogP contribution < -0.4 is 15.3 Å². The maximum absolute atomic E-state index is 2.51. The summed E-state index contributed by atoms with van der Waals surface area (Å²) in [7, 11) is -1.98. The number of para-hydroxylation sites is 2. The Bertz CT molecular complexity index is 4000. The molecule has 1 aromatic heterocycles. The molecule has 14 rings (SSSR count). The fourth-order valence-corrected chi connectivity index (χ4v) is 15.6. The van der Waals surface area contributed by atoms with Gasteiger partial charge in [-0.25, -0.2) is 0 Å². The van der Waals surface area contributed by atoms with Gasteiger partial charge in [0.15, 0.2) is 0 Å². The number of hydrogen-bond donors (Lipinski definition) is 0. The highest BCUT2D eigenvalue weighted by atomic mass is 28.3. The van der Waals surface area contributed by atoms with E-state index in [4.69, 9.17) is 0 Å². The first-order valence-electron chi connectivity index (χ1n) is 25.2. The SMILES string of the molecule is C[Si-]1(C)c2ccccc2-c2ccc(N(c3ccc(-c4ccc(-c5ccc6c(c5)c5ccccc5n6-c5ccccc5)cc4)cc3)c3ccc4c(c3)C(c3ccccc3)(c3ccccc3)c3ccccc3-4)cc21. The molecule has 341 valence electrons. The van der Waals surface area contributed by atoms with E-state index < -0.39 is 13.5 Å². The second-order valence-electron chi connectivity index (χ2n) is 20.0. The highest BCUT2D eigenvalue weighted by molar-refractivity contribution is 7.03. The second kappa shape index (κ2) is 16.4. The van der Waals surface area contributed by atoms with Gasteiger partial charge >= 0.3 is 0 Å². The Morgan fingerprint density at radius 3 is 1.53 bits per heavy atom. The van der Waals surface area contributed by atoms with Crippen molar-refractivity contribution in [2.24, 2.45) is 0 Å². The Labute approximate surface area is 422 Å². The molecule has 1 aliphatic heterocycles. The minimum atomic E-state index is -1.98. The summed E-state index contributed by atoms with van der Waals surface area (Å²) in [5.41, 5.74) is 21.8. The van der Waals surface area contributed by atoms with E-state index in [1.165, 1.54) is 110 Å². The minimum Gasteiger partial charge on any atom is -0.311 e. The molecule has 11 aromatic carbocycles. The van der Waals surface area contributed by atoms with Crippen LogP contribution in [0.5, 0.6) is 0 Å². The van der Waals surface area contributed by atoms with Crippen molar-refractivity contribution >= 4 is 57.3 Å². The summed E-state index contributed by atoms with van der Waals surface area (Å²) < 4.78 is 2.38. The van der Waals surface area contributed by atoms with Gasteiger partial charge in [-0.05, 0) is 116 Å². The van der Waals surface area contributed by atoms with E-state index in [-0.39, 0.29) is 0 Å². The number of anilines is 3. The Balaban J connectivity index is 0.878. The van der Waals surface area contributed by atoms with Gasteiger partial charge in [0.05, 0.1) is 16.4 Å². The first-order valence-corrected chi connectivity index (χ1v) is 28.2. The van der Waals surface area contributed by atoms with Crippen molar-refractivity contribution < 1.29 is 0 Å². The van der Waals surface area contributed by atoms with Gasteiger partial charge in [0.2, 0.25) is 0 Å². The molecule has 2 nitrogen and oxygen atoms in total. The van der Waals surface area contributed by atoms with Gasteiger partial charge < -0.3 is 9.47 Å². The van der Waals surface area contributed by atoms with E-state index in [1.807, 2.05) is 0 Å². The summed E-state index contributed by atoms with van der Waals surface area (Å²) in [6.45, 7) is 5.02. The summed E-state index contributed by atoms with van der Waals surface area (Å²) in [5.74, 6) is 0. The molecular weight excluding hydrogens is 885 g/mol. The van der Waals surface area contributed by atoms with Gasteiger partial charge in [-0.1, -0.05) is 225 Å². The number of fused-ring (bicyclic) bond motifs is 9. The van der Waals surface area contributed by atoms with Crippen LogP contribution in [0.1, 0.15) is 22.3 Å². The van der Waals surface area contributed by atoms with Crippen molar-refractivity contribution in [2.75, 3.05) is 4.90 Å². The Morgan fingerprint density at radius 1 is 0.333 bits per heavy atom. The zero-order valence-corrected chi connectivity index (χ0v) is 41.3. The minimum absolute atomic E-state index is 0.507. The molecule has 12 aromatic rings. The monoisotopic (exact) mass is 934 g/mol. The van der Waals surface area contributed by atoms with Crippen LogP contribution in [-0.2, 0) is 5.41 Å². The average molecular weight is 935 g/mol. The van der Waals surface area contributed by atoms with Crippen LogP contribution in [0.15, 0.2) is 267 Å². The summed E-state index contributed by atoms with van der Waals surface area (Å²) in [6.07, 6.45) is 0. The third kappa shape index (κ3) is 6.34. The third-order valence-electron chi connectivity index (χ3n) is 15.9. The lowest BCUT2D eigenvalue weighted by Gasteiger charge is -2.35. The zero-order valence-electron chi connectivity index (χ0n) is 40.3. The molecule has 2 aliphatic rings. The molecule has 3 heteroatoms. The van der Waals surface area contributed by atoms with E-state index >= 15 is 0 Å². The normalized spacial score (nSPS) is 13.6. The quantitative estimate of drug-likeness (QED) is 0.138. The van der Waals surface area contributed by atoms with Gasteiger partial charge in [0.25, 0.3) is 0 Å². The molecule has 0 spiro atoms. The lowest BCUT2D eigenvalue weighted by atomic mass is 9.67. The molecule has 0 fully saturated rings. The van der Waals surface area contributed by atoms with E-state index in [2.05, 4.69) is 289 Å². The fourth-order valence-electron chi connectivity index (χ4n) is 12.5. The first-order chi connectivity index (χ1) is 35.5. The van der Waals surface area contributed by atoms with Crippen molar-refractivity contribution in [3.05, 3.63) is 289 Å². The van der Waals surface area contributed by atoms with Crippen LogP contribution >= 0.6 is 0 Å². The van der Waals surface area contributed by atoms with Crippen molar-refractivity contribution in [1.82, 2.24) is 4.57 Å². The predicted molar refractivity (Wildman–Crippen MR) is 306 cm³/mol. The van der Waals surface area contributed by atoms with Crippen LogP contribution in [0.25, 0.3) is 72.0 Å². The standard InChI is InChI=1S/C69H50N2Si/c1-72(2)67-29-17-14-26-60(67)61-42-40-56(46-68(61)72)70(55-39-41-58-57-24-12-15-27-63(57)69(64(58)45-55,51-18-6-3-7-19-51)52-20-8-4-9-21-52)54-37-34-48(35-38-54)47-30-32-49(33-31-47)50-36-43-66-62(44-50)59-25-13-16-28-65(59)71(66)53-22-10-5-11-23-53/h3-46H,1-2H3/q-1. The number of benzene rings is 11. The van der Waals surface area contributed by atoms with Gasteiger partial charge in [-0.2, -0.15) is 23.5 Å². The molecule has 0 amide bonds. The average Bonchev–Trinajstić information content (AvgIpc) is 4.02. The molecule has 0 saturated heterocycles. The van der Waals surface area contributed by atoms with Crippen molar-refractivity contribution in [1.29, 1.82) is 0 Å². The largest absolute Gasteiger partial charge is 0.311 e. The summed E-state index contributed by atoms with van der Waals surface area (Å²) in [5, 5.41) is 5.52. The molecule has 0 saturated carbocycles. The number of hydrogen-bond acceptors (Lipinski definition) is 1. The smallest absolute Gasteiger partial charge is 0.0714 e. The van der Waals surface area contributed by atoms with Crippen molar-refractivity contribution in [3.8, 4) is 50.2 Å². The maximum atomic E-state index is 2.51. The predicted octanol–water partition coefficient (Wildman–Crippen LogP) is 16.8. The first kappa shape index (κ1) is 42.1. The summed E-state index contributed by atoms with van der Waals surface area (Å²) >= 11 is 0. The van der Waals surface area contributed by atoms with Crippen LogP contribution in [-0.4, -0.2) is 12.6 Å².